The molecule has 0 aliphatic carbocycles. The maximum Gasteiger partial charge on any atom is 0.238 e. The van der Waals surface area contributed by atoms with Gasteiger partial charge in [0.2, 0.25) is 11.7 Å². The van der Waals surface area contributed by atoms with Gasteiger partial charge >= 0.3 is 0 Å². The molecule has 0 unspecified atom stereocenters. The van der Waals surface area contributed by atoms with Gasteiger partial charge in [0, 0.05) is 49.0 Å². The molecule has 0 fully saturated rings. The molecule has 6 nitrogen and oxygen atoms in total. The Hall–Kier alpha value is -8.74. The molecule has 64 heavy (non-hydrogen) atoms. The van der Waals surface area contributed by atoms with E-state index < -0.39 is 0 Å². The standard InChI is InChI=1S/C58H31N5O/c1-2-13-33(14-3-1)61-44-22-12-23-45-51(44)52-46(61)29-30-47-53(52)54-48(28-27-40-39-19-8-10-21-43(39)62(45)56(40)54)63(47)58-59-55(50-41-20-9-11-24-49(41)64-57(50)60-58)32-25-26-38-36-17-5-4-15-34(36)35-16-6-7-18-37(35)42(38)31-32/h1-31H. The summed E-state index contributed by atoms with van der Waals surface area (Å²) < 4.78 is 13.9. The van der Waals surface area contributed by atoms with Crippen LogP contribution in [-0.2, 0) is 0 Å². The number of aromatic nitrogens is 5. The van der Waals surface area contributed by atoms with Gasteiger partial charge in [-0.2, -0.15) is 4.98 Å². The van der Waals surface area contributed by atoms with Crippen LogP contribution < -0.4 is 0 Å². The Kier molecular flexibility index (Phi) is 5.97. The number of hydrogen-bond acceptors (Lipinski definition) is 3. The van der Waals surface area contributed by atoms with E-state index in [9.17, 15) is 0 Å². The van der Waals surface area contributed by atoms with Crippen molar-refractivity contribution in [3.63, 3.8) is 0 Å². The Morgan fingerprint density at radius 3 is 1.70 bits per heavy atom. The fraction of sp³-hybridized carbons (Fsp3) is 0. The van der Waals surface area contributed by atoms with Crippen molar-refractivity contribution in [3.8, 4) is 22.9 Å². The summed E-state index contributed by atoms with van der Waals surface area (Å²) >= 11 is 0. The highest BCUT2D eigenvalue weighted by molar-refractivity contribution is 6.38. The van der Waals surface area contributed by atoms with Crippen LogP contribution in [0.1, 0.15) is 0 Å². The van der Waals surface area contributed by atoms with Crippen LogP contribution in [0.15, 0.2) is 192 Å². The lowest BCUT2D eigenvalue weighted by Gasteiger charge is -2.13. The number of nitrogens with zero attached hydrogens (tertiary/aromatic N) is 5. The summed E-state index contributed by atoms with van der Waals surface area (Å²) in [6.07, 6.45) is 0. The summed E-state index contributed by atoms with van der Waals surface area (Å²) in [6.45, 7) is 0. The Bertz CT molecular complexity index is 4630. The summed E-state index contributed by atoms with van der Waals surface area (Å²) in [7, 11) is 0. The molecule has 6 heterocycles. The number of rotatable bonds is 3. The van der Waals surface area contributed by atoms with Gasteiger partial charge in [0.05, 0.1) is 49.7 Å². The predicted octanol–water partition coefficient (Wildman–Crippen LogP) is 15.1. The number of para-hydroxylation sites is 3. The van der Waals surface area contributed by atoms with Crippen molar-refractivity contribution in [1.29, 1.82) is 0 Å². The lowest BCUT2D eigenvalue weighted by Crippen LogP contribution is -2.03. The molecule has 0 spiro atoms. The van der Waals surface area contributed by atoms with E-state index in [1.807, 2.05) is 12.1 Å². The Balaban J connectivity index is 1.08. The van der Waals surface area contributed by atoms with Gasteiger partial charge in [-0.1, -0.05) is 127 Å². The largest absolute Gasteiger partial charge is 0.437 e. The molecule has 6 heteroatoms. The first kappa shape index (κ1) is 33.0. The Morgan fingerprint density at radius 2 is 0.906 bits per heavy atom. The van der Waals surface area contributed by atoms with Crippen molar-refractivity contribution in [2.45, 2.75) is 0 Å². The summed E-state index contributed by atoms with van der Waals surface area (Å²) in [4.78, 5) is 11.1. The van der Waals surface area contributed by atoms with E-state index in [0.717, 1.165) is 49.9 Å². The van der Waals surface area contributed by atoms with Gasteiger partial charge in [0.1, 0.15) is 5.58 Å². The molecule has 0 bridgehead atoms. The predicted molar refractivity (Wildman–Crippen MR) is 264 cm³/mol. The zero-order chi connectivity index (χ0) is 41.4. The molecule has 10 aromatic carbocycles. The minimum Gasteiger partial charge on any atom is -0.437 e. The average Bonchev–Trinajstić information content (AvgIpc) is 4.08. The highest BCUT2D eigenvalue weighted by Crippen LogP contribution is 2.49. The average molecular weight is 814 g/mol. The first-order chi connectivity index (χ1) is 31.8. The highest BCUT2D eigenvalue weighted by atomic mass is 16.3. The van der Waals surface area contributed by atoms with Crippen LogP contribution in [0.5, 0.6) is 0 Å². The summed E-state index contributed by atoms with van der Waals surface area (Å²) in [5, 5.41) is 16.6. The quantitative estimate of drug-likeness (QED) is 0.167. The third-order valence-electron chi connectivity index (χ3n) is 14.2. The van der Waals surface area contributed by atoms with Crippen LogP contribution in [0.25, 0.3) is 148 Å². The fourth-order valence-electron chi connectivity index (χ4n) is 11.7. The molecule has 16 aromatic rings. The topological polar surface area (TPSA) is 53.2 Å². The van der Waals surface area contributed by atoms with E-state index in [4.69, 9.17) is 14.4 Å². The molecule has 0 aliphatic heterocycles. The number of furan rings is 1. The molecule has 0 atom stereocenters. The number of fused-ring (bicyclic) bond motifs is 13. The zero-order valence-corrected chi connectivity index (χ0v) is 34.0. The second-order valence-electron chi connectivity index (χ2n) is 17.2. The van der Waals surface area contributed by atoms with Crippen LogP contribution >= 0.6 is 0 Å². The molecule has 16 rings (SSSR count). The number of hydrogen-bond donors (Lipinski definition) is 0. The van der Waals surface area contributed by atoms with Gasteiger partial charge in [0.15, 0.2) is 0 Å². The molecule has 0 amide bonds. The van der Waals surface area contributed by atoms with Crippen LogP contribution in [0.3, 0.4) is 0 Å². The van der Waals surface area contributed by atoms with Crippen molar-refractivity contribution in [3.05, 3.63) is 188 Å². The smallest absolute Gasteiger partial charge is 0.238 e. The maximum atomic E-state index is 6.72. The van der Waals surface area contributed by atoms with Crippen molar-refractivity contribution in [1.82, 2.24) is 23.5 Å². The van der Waals surface area contributed by atoms with Gasteiger partial charge < -0.3 is 13.4 Å². The van der Waals surface area contributed by atoms with Crippen molar-refractivity contribution < 1.29 is 4.42 Å². The lowest BCUT2D eigenvalue weighted by atomic mass is 9.92. The van der Waals surface area contributed by atoms with Gasteiger partial charge in [0.25, 0.3) is 0 Å². The SMILES string of the molecule is c1ccc(-n2c3ccc4c5c3c3c2cccc3n2c3ccccc3c3ccc(c5c32)n4-c2nc(-c3ccc4c5ccccc5c5ccccc5c4c3)c3c(n2)oc2ccccc23)cc1. The zero-order valence-electron chi connectivity index (χ0n) is 34.0. The maximum absolute atomic E-state index is 6.72. The molecular weight excluding hydrogens is 783 g/mol. The monoisotopic (exact) mass is 813 g/mol. The molecule has 294 valence electrons. The summed E-state index contributed by atoms with van der Waals surface area (Å²) in [6, 6.07) is 68.0. The molecule has 0 aliphatic rings. The second kappa shape index (κ2) is 11.6. The van der Waals surface area contributed by atoms with Crippen LogP contribution in [0, 0.1) is 0 Å². The van der Waals surface area contributed by atoms with Crippen molar-refractivity contribution in [2.75, 3.05) is 0 Å². The van der Waals surface area contributed by atoms with E-state index >= 15 is 0 Å². The van der Waals surface area contributed by atoms with E-state index in [0.29, 0.717) is 11.7 Å². The molecule has 0 N–H and O–H groups in total. The Labute approximate surface area is 362 Å². The lowest BCUT2D eigenvalue weighted by molar-refractivity contribution is 0.651. The first-order valence-electron chi connectivity index (χ1n) is 21.8. The second-order valence-corrected chi connectivity index (χ2v) is 17.2. The summed E-state index contributed by atoms with van der Waals surface area (Å²) in [5.41, 5.74) is 12.3. The van der Waals surface area contributed by atoms with E-state index in [-0.39, 0.29) is 0 Å². The number of benzene rings is 10. The van der Waals surface area contributed by atoms with E-state index in [1.54, 1.807) is 0 Å². The summed E-state index contributed by atoms with van der Waals surface area (Å²) in [5.74, 6) is 0.568. The highest BCUT2D eigenvalue weighted by Gasteiger charge is 2.29. The Morgan fingerprint density at radius 1 is 0.344 bits per heavy atom. The van der Waals surface area contributed by atoms with Crippen molar-refractivity contribution in [2.24, 2.45) is 0 Å². The van der Waals surface area contributed by atoms with Gasteiger partial charge in [-0.15, -0.1) is 0 Å². The van der Waals surface area contributed by atoms with Crippen LogP contribution in [-0.4, -0.2) is 23.5 Å². The van der Waals surface area contributed by atoms with Crippen molar-refractivity contribution >= 4 is 125 Å². The van der Waals surface area contributed by atoms with E-state index in [1.165, 1.54) is 86.7 Å². The fourth-order valence-corrected chi connectivity index (χ4v) is 11.7. The van der Waals surface area contributed by atoms with Crippen LogP contribution in [0.4, 0.5) is 0 Å². The molecular formula is C58H31N5O. The van der Waals surface area contributed by atoms with E-state index in [2.05, 4.69) is 189 Å². The molecule has 0 radical (unpaired) electrons. The van der Waals surface area contributed by atoms with Gasteiger partial charge in [-0.05, 0) is 93.0 Å². The third kappa shape index (κ3) is 3.94. The minimum absolute atomic E-state index is 0.561. The van der Waals surface area contributed by atoms with Crippen LogP contribution in [0.2, 0.25) is 0 Å². The third-order valence-corrected chi connectivity index (χ3v) is 14.2. The molecule has 6 aromatic heterocycles. The molecule has 0 saturated carbocycles. The first-order valence-corrected chi connectivity index (χ1v) is 21.8. The molecule has 0 saturated heterocycles. The van der Waals surface area contributed by atoms with Gasteiger partial charge in [-0.3, -0.25) is 4.57 Å². The minimum atomic E-state index is 0.561. The van der Waals surface area contributed by atoms with Gasteiger partial charge in [-0.25, -0.2) is 4.98 Å². The normalized spacial score (nSPS) is 12.7.